The number of nitrogens with one attached hydrogen (secondary N) is 1. The van der Waals surface area contributed by atoms with Crippen molar-refractivity contribution in [1.82, 2.24) is 13.9 Å². The fourth-order valence-electron chi connectivity index (χ4n) is 2.91. The van der Waals surface area contributed by atoms with Gasteiger partial charge in [0.05, 0.1) is 18.1 Å². The van der Waals surface area contributed by atoms with Crippen molar-refractivity contribution in [2.45, 2.75) is 25.3 Å². The summed E-state index contributed by atoms with van der Waals surface area (Å²) in [7, 11) is -7.47. The summed E-state index contributed by atoms with van der Waals surface area (Å²) in [5, 5.41) is 26.4. The first-order valence-electron chi connectivity index (χ1n) is 11.0. The average molecular weight is 588 g/mol. The Labute approximate surface area is 225 Å². The fourth-order valence-corrected chi connectivity index (χ4v) is 5.56. The van der Waals surface area contributed by atoms with Crippen LogP contribution in [0.15, 0.2) is 60.7 Å². The molecule has 39 heavy (non-hydrogen) atoms. The number of sulfonamides is 2. The van der Waals surface area contributed by atoms with Crippen molar-refractivity contribution in [2.75, 3.05) is 19.3 Å². The van der Waals surface area contributed by atoms with Crippen LogP contribution < -0.4 is 4.72 Å². The molecule has 0 aromatic heterocycles. The molecular weight excluding hydrogens is 558 g/mol. The van der Waals surface area contributed by atoms with Gasteiger partial charge in [-0.25, -0.2) is 26.5 Å². The minimum atomic E-state index is -4.30. The number of carbonyl (C=O) groups excluding carboxylic acids is 1. The standard InChI is InChI=1S/C13H18N2O8S2.C10H11NO3/c1-15(7-12(16)17)25(22,23)9-11(13(18)19)14-24(20,21)8-10-5-3-2-4-6-10;1-8(12)11(10(13)14)7-9-5-3-2-4-6-9/h2-6,11,14H,7-9H2,1H3,(H,16,17)(H,18,19);2-6H,7H2,1H3,(H,13,14)/t11-;/m0./s1. The Kier molecular flexibility index (Phi) is 12.7. The van der Waals surface area contributed by atoms with E-state index in [9.17, 15) is 36.0 Å². The third-order valence-corrected chi connectivity index (χ3v) is 8.01. The summed E-state index contributed by atoms with van der Waals surface area (Å²) < 4.78 is 50.4. The Morgan fingerprint density at radius 2 is 1.33 bits per heavy atom. The monoisotopic (exact) mass is 587 g/mol. The Morgan fingerprint density at radius 3 is 1.74 bits per heavy atom. The smallest absolute Gasteiger partial charge is 0.414 e. The van der Waals surface area contributed by atoms with E-state index in [-0.39, 0.29) is 6.54 Å². The first-order valence-corrected chi connectivity index (χ1v) is 14.3. The van der Waals surface area contributed by atoms with Crippen molar-refractivity contribution in [2.24, 2.45) is 0 Å². The second kappa shape index (κ2) is 14.9. The second-order valence-electron chi connectivity index (χ2n) is 8.06. The summed E-state index contributed by atoms with van der Waals surface area (Å²) in [4.78, 5) is 44.2. The normalized spacial score (nSPS) is 12.1. The third-order valence-electron chi connectivity index (χ3n) is 4.82. The largest absolute Gasteiger partial charge is 0.480 e. The van der Waals surface area contributed by atoms with Crippen LogP contribution in [0.4, 0.5) is 4.79 Å². The van der Waals surface area contributed by atoms with Gasteiger partial charge in [0.1, 0.15) is 12.6 Å². The molecule has 0 saturated heterocycles. The predicted octanol–water partition coefficient (Wildman–Crippen LogP) is 0.619. The van der Waals surface area contributed by atoms with E-state index in [0.29, 0.717) is 9.87 Å². The van der Waals surface area contributed by atoms with Crippen molar-refractivity contribution >= 4 is 44.0 Å². The minimum Gasteiger partial charge on any atom is -0.480 e. The SMILES string of the molecule is CC(=O)N(Cc1ccccc1)C(=O)O.CN(CC(=O)O)S(=O)(=O)C[C@H](NS(=O)(=O)Cc1ccccc1)C(=O)O. The first kappa shape index (κ1) is 33.2. The highest BCUT2D eigenvalue weighted by Gasteiger charge is 2.32. The Bertz CT molecular complexity index is 1340. The third kappa shape index (κ3) is 12.5. The molecule has 0 radical (unpaired) electrons. The van der Waals surface area contributed by atoms with Crippen molar-refractivity contribution in [3.05, 3.63) is 71.8 Å². The molecule has 2 aromatic rings. The van der Waals surface area contributed by atoms with E-state index in [1.165, 1.54) is 19.1 Å². The number of carboxylic acids is 2. The summed E-state index contributed by atoms with van der Waals surface area (Å²) >= 11 is 0. The van der Waals surface area contributed by atoms with Crippen molar-refractivity contribution in [3.8, 4) is 0 Å². The number of aliphatic carboxylic acids is 2. The maximum atomic E-state index is 12.1. The molecule has 0 aliphatic rings. The van der Waals surface area contributed by atoms with Crippen LogP contribution in [0, 0.1) is 0 Å². The van der Waals surface area contributed by atoms with Crippen molar-refractivity contribution < 1.29 is 51.3 Å². The van der Waals surface area contributed by atoms with Gasteiger partial charge in [0.15, 0.2) is 0 Å². The van der Waals surface area contributed by atoms with Crippen LogP contribution >= 0.6 is 0 Å². The van der Waals surface area contributed by atoms with Crippen LogP contribution in [-0.4, -0.2) is 90.7 Å². The second-order valence-corrected chi connectivity index (χ2v) is 11.9. The number of likely N-dealkylation sites (N-methyl/N-ethyl adjacent to an activating group) is 1. The van der Waals surface area contributed by atoms with E-state index >= 15 is 0 Å². The summed E-state index contributed by atoms with van der Waals surface area (Å²) in [6.45, 7) is 0.466. The number of benzene rings is 2. The molecule has 2 rings (SSSR count). The Hall–Kier alpha value is -3.86. The number of nitrogens with zero attached hydrogens (tertiary/aromatic N) is 2. The number of rotatable bonds is 12. The molecule has 4 N–H and O–H groups in total. The van der Waals surface area contributed by atoms with Gasteiger partial charge in [-0.05, 0) is 11.1 Å². The van der Waals surface area contributed by atoms with E-state index in [0.717, 1.165) is 17.5 Å². The van der Waals surface area contributed by atoms with Crippen molar-refractivity contribution in [3.63, 3.8) is 0 Å². The quantitative estimate of drug-likeness (QED) is 0.270. The molecule has 14 nitrogen and oxygen atoms in total. The molecule has 1 atom stereocenters. The van der Waals surface area contributed by atoms with Crippen LogP contribution in [0.1, 0.15) is 18.1 Å². The molecule has 16 heteroatoms. The molecule has 0 fully saturated rings. The summed E-state index contributed by atoms with van der Waals surface area (Å²) in [5.41, 5.74) is 1.19. The summed E-state index contributed by atoms with van der Waals surface area (Å²) in [5.74, 6) is -5.23. The zero-order chi connectivity index (χ0) is 29.8. The number of carbonyl (C=O) groups is 4. The van der Waals surface area contributed by atoms with Crippen LogP contribution in [0.3, 0.4) is 0 Å². The molecule has 0 aliphatic carbocycles. The van der Waals surface area contributed by atoms with Gasteiger partial charge >= 0.3 is 18.0 Å². The van der Waals surface area contributed by atoms with Gasteiger partial charge in [-0.1, -0.05) is 60.7 Å². The first-order chi connectivity index (χ1) is 18.0. The molecule has 0 spiro atoms. The van der Waals surface area contributed by atoms with E-state index in [1.807, 2.05) is 10.8 Å². The minimum absolute atomic E-state index is 0.103. The molecule has 0 heterocycles. The molecule has 214 valence electrons. The maximum absolute atomic E-state index is 12.1. The van der Waals surface area contributed by atoms with Gasteiger partial charge in [-0.3, -0.25) is 14.4 Å². The van der Waals surface area contributed by atoms with Crippen LogP contribution in [0.2, 0.25) is 0 Å². The lowest BCUT2D eigenvalue weighted by atomic mass is 10.2. The average Bonchev–Trinajstić information content (AvgIpc) is 2.82. The zero-order valence-corrected chi connectivity index (χ0v) is 22.6. The van der Waals surface area contributed by atoms with Gasteiger partial charge in [-0.2, -0.15) is 9.03 Å². The van der Waals surface area contributed by atoms with E-state index in [4.69, 9.17) is 15.3 Å². The van der Waals surface area contributed by atoms with Crippen LogP contribution in [0.25, 0.3) is 0 Å². The summed E-state index contributed by atoms with van der Waals surface area (Å²) in [6, 6.07) is 15.0. The molecule has 0 saturated carbocycles. The number of amides is 2. The highest BCUT2D eigenvalue weighted by Crippen LogP contribution is 2.08. The Morgan fingerprint density at radius 1 is 0.846 bits per heavy atom. The highest BCUT2D eigenvalue weighted by atomic mass is 32.2. The van der Waals surface area contributed by atoms with Gasteiger partial charge in [0, 0.05) is 14.0 Å². The van der Waals surface area contributed by atoms with Gasteiger partial charge in [0.25, 0.3) is 0 Å². The lowest BCUT2D eigenvalue weighted by Crippen LogP contribution is -2.48. The molecule has 0 aliphatic heterocycles. The number of imide groups is 1. The lowest BCUT2D eigenvalue weighted by Gasteiger charge is -2.19. The van der Waals surface area contributed by atoms with Gasteiger partial charge in [-0.15, -0.1) is 0 Å². The Balaban J connectivity index is 0.000000457. The molecule has 2 aromatic carbocycles. The van der Waals surface area contributed by atoms with E-state index in [1.54, 1.807) is 42.5 Å². The highest BCUT2D eigenvalue weighted by molar-refractivity contribution is 7.89. The zero-order valence-electron chi connectivity index (χ0n) is 21.0. The fraction of sp³-hybridized carbons (Fsp3) is 0.304. The lowest BCUT2D eigenvalue weighted by molar-refractivity contribution is -0.138. The van der Waals surface area contributed by atoms with Crippen LogP contribution in [-0.2, 0) is 46.7 Å². The maximum Gasteiger partial charge on any atom is 0.414 e. The molecule has 0 bridgehead atoms. The van der Waals surface area contributed by atoms with E-state index < -0.39 is 68.1 Å². The van der Waals surface area contributed by atoms with Crippen molar-refractivity contribution in [1.29, 1.82) is 0 Å². The number of carboxylic acid groups (broad SMARTS) is 3. The molecule has 0 unspecified atom stereocenters. The topological polar surface area (TPSA) is 216 Å². The summed E-state index contributed by atoms with van der Waals surface area (Å²) in [6.07, 6.45) is -1.22. The number of hydrogen-bond donors (Lipinski definition) is 4. The van der Waals surface area contributed by atoms with Gasteiger partial charge in [0.2, 0.25) is 26.0 Å². The molecule has 2 amide bonds. The van der Waals surface area contributed by atoms with Gasteiger partial charge < -0.3 is 15.3 Å². The predicted molar refractivity (Wildman–Crippen MR) is 138 cm³/mol. The molecular formula is C23H29N3O11S2. The number of hydrogen-bond acceptors (Lipinski definition) is 8. The van der Waals surface area contributed by atoms with E-state index in [2.05, 4.69) is 0 Å². The van der Waals surface area contributed by atoms with Crippen LogP contribution in [0.5, 0.6) is 0 Å².